The number of hydrogen-bond acceptors (Lipinski definition) is 2. The van der Waals surface area contributed by atoms with Crippen molar-refractivity contribution in [2.75, 3.05) is 20.1 Å². The molecule has 1 aliphatic rings. The zero-order chi connectivity index (χ0) is 16.5. The molecule has 5 nitrogen and oxygen atoms in total. The molecule has 1 saturated carbocycles. The van der Waals surface area contributed by atoms with Gasteiger partial charge in [0.2, 0.25) is 0 Å². The van der Waals surface area contributed by atoms with Gasteiger partial charge in [-0.3, -0.25) is 9.67 Å². The van der Waals surface area contributed by atoms with Crippen molar-refractivity contribution in [2.45, 2.75) is 58.9 Å². The standard InChI is InChI=1S/C18H33N5/c1-15-6-4-7-17(12-15)8-10-21-18(19-3)20-9-5-11-23-14-16(2)13-22-23/h13-15,17H,4-12H2,1-3H3,(H2,19,20,21). The van der Waals surface area contributed by atoms with Gasteiger partial charge in [-0.05, 0) is 43.6 Å². The Kier molecular flexibility index (Phi) is 7.43. The van der Waals surface area contributed by atoms with E-state index in [0.717, 1.165) is 43.9 Å². The van der Waals surface area contributed by atoms with Crippen molar-refractivity contribution in [3.63, 3.8) is 0 Å². The molecule has 1 aromatic heterocycles. The second kappa shape index (κ2) is 9.58. The van der Waals surface area contributed by atoms with Crippen LogP contribution in [0, 0.1) is 18.8 Å². The Hall–Kier alpha value is -1.52. The first-order valence-corrected chi connectivity index (χ1v) is 9.11. The third kappa shape index (κ3) is 6.63. The summed E-state index contributed by atoms with van der Waals surface area (Å²) in [5.74, 6) is 2.73. The van der Waals surface area contributed by atoms with E-state index in [9.17, 15) is 0 Å². The summed E-state index contributed by atoms with van der Waals surface area (Å²) >= 11 is 0. The van der Waals surface area contributed by atoms with Gasteiger partial charge in [0, 0.05) is 32.9 Å². The average molecular weight is 319 g/mol. The zero-order valence-electron chi connectivity index (χ0n) is 15.0. The van der Waals surface area contributed by atoms with Gasteiger partial charge in [0.25, 0.3) is 0 Å². The minimum atomic E-state index is 0.896. The molecule has 1 aromatic rings. The Morgan fingerprint density at radius 2 is 2.17 bits per heavy atom. The highest BCUT2D eigenvalue weighted by Crippen LogP contribution is 2.30. The third-order valence-corrected chi connectivity index (χ3v) is 4.73. The third-order valence-electron chi connectivity index (χ3n) is 4.73. The maximum atomic E-state index is 4.31. The highest BCUT2D eigenvalue weighted by Gasteiger charge is 2.18. The fourth-order valence-electron chi connectivity index (χ4n) is 3.47. The Labute approximate surface area is 141 Å². The summed E-state index contributed by atoms with van der Waals surface area (Å²) < 4.78 is 2.00. The van der Waals surface area contributed by atoms with Crippen molar-refractivity contribution in [2.24, 2.45) is 16.8 Å². The summed E-state index contributed by atoms with van der Waals surface area (Å²) in [6.07, 6.45) is 11.9. The molecule has 0 saturated heterocycles. The summed E-state index contributed by atoms with van der Waals surface area (Å²) in [6.45, 7) is 7.34. The van der Waals surface area contributed by atoms with Crippen LogP contribution >= 0.6 is 0 Å². The van der Waals surface area contributed by atoms with Crippen LogP contribution in [0.2, 0.25) is 0 Å². The van der Waals surface area contributed by atoms with E-state index >= 15 is 0 Å². The van der Waals surface area contributed by atoms with E-state index < -0.39 is 0 Å². The Morgan fingerprint density at radius 3 is 2.87 bits per heavy atom. The highest BCUT2D eigenvalue weighted by molar-refractivity contribution is 5.79. The largest absolute Gasteiger partial charge is 0.356 e. The molecule has 0 aromatic carbocycles. The average Bonchev–Trinajstić information content (AvgIpc) is 2.95. The molecule has 1 heterocycles. The molecule has 5 heteroatoms. The molecule has 2 N–H and O–H groups in total. The van der Waals surface area contributed by atoms with Gasteiger partial charge in [-0.15, -0.1) is 0 Å². The topological polar surface area (TPSA) is 54.2 Å². The zero-order valence-corrected chi connectivity index (χ0v) is 15.0. The van der Waals surface area contributed by atoms with Crippen LogP contribution in [0.3, 0.4) is 0 Å². The second-order valence-electron chi connectivity index (χ2n) is 6.99. The fourth-order valence-corrected chi connectivity index (χ4v) is 3.47. The molecule has 2 unspecified atom stereocenters. The lowest BCUT2D eigenvalue weighted by atomic mass is 9.81. The highest BCUT2D eigenvalue weighted by atomic mass is 15.3. The van der Waals surface area contributed by atoms with Crippen molar-refractivity contribution in [3.8, 4) is 0 Å². The number of aliphatic imine (C=N–C) groups is 1. The lowest BCUT2D eigenvalue weighted by molar-refractivity contribution is 0.270. The number of hydrogen-bond donors (Lipinski definition) is 2. The van der Waals surface area contributed by atoms with E-state index in [1.54, 1.807) is 0 Å². The number of guanidine groups is 1. The lowest BCUT2D eigenvalue weighted by Gasteiger charge is -2.26. The smallest absolute Gasteiger partial charge is 0.190 e. The molecule has 1 aliphatic carbocycles. The molecule has 130 valence electrons. The van der Waals surface area contributed by atoms with E-state index in [1.165, 1.54) is 37.7 Å². The summed E-state index contributed by atoms with van der Waals surface area (Å²) in [5, 5.41) is 11.1. The SMILES string of the molecule is CN=C(NCCCn1cc(C)cn1)NCCC1CCCC(C)C1. The van der Waals surface area contributed by atoms with Crippen molar-refractivity contribution >= 4 is 5.96 Å². The lowest BCUT2D eigenvalue weighted by Crippen LogP contribution is -2.39. The van der Waals surface area contributed by atoms with E-state index in [-0.39, 0.29) is 0 Å². The first-order valence-electron chi connectivity index (χ1n) is 9.11. The van der Waals surface area contributed by atoms with Crippen LogP contribution in [-0.4, -0.2) is 35.9 Å². The van der Waals surface area contributed by atoms with Crippen LogP contribution in [-0.2, 0) is 6.54 Å². The van der Waals surface area contributed by atoms with Crippen LogP contribution in [0.4, 0.5) is 0 Å². The number of nitrogens with zero attached hydrogens (tertiary/aromatic N) is 3. The molecule has 0 aliphatic heterocycles. The quantitative estimate of drug-likeness (QED) is 0.461. The minimum absolute atomic E-state index is 0.896. The van der Waals surface area contributed by atoms with E-state index in [0.29, 0.717) is 0 Å². The van der Waals surface area contributed by atoms with Gasteiger partial charge in [0.1, 0.15) is 0 Å². The summed E-state index contributed by atoms with van der Waals surface area (Å²) in [5.41, 5.74) is 1.22. The predicted molar refractivity (Wildman–Crippen MR) is 96.7 cm³/mol. The van der Waals surface area contributed by atoms with Crippen LogP contribution in [0.25, 0.3) is 0 Å². The van der Waals surface area contributed by atoms with Gasteiger partial charge in [0.15, 0.2) is 5.96 Å². The maximum absolute atomic E-state index is 4.31. The number of rotatable bonds is 7. The van der Waals surface area contributed by atoms with E-state index in [2.05, 4.69) is 40.8 Å². The first kappa shape index (κ1) is 17.8. The Bertz CT molecular complexity index is 480. The second-order valence-corrected chi connectivity index (χ2v) is 6.99. The van der Waals surface area contributed by atoms with E-state index in [4.69, 9.17) is 0 Å². The minimum Gasteiger partial charge on any atom is -0.356 e. The first-order chi connectivity index (χ1) is 11.2. The van der Waals surface area contributed by atoms with Crippen molar-refractivity contribution in [1.82, 2.24) is 20.4 Å². The summed E-state index contributed by atoms with van der Waals surface area (Å²) in [7, 11) is 1.84. The van der Waals surface area contributed by atoms with Gasteiger partial charge in [0.05, 0.1) is 6.20 Å². The molecular weight excluding hydrogens is 286 g/mol. The maximum Gasteiger partial charge on any atom is 0.190 e. The number of aromatic nitrogens is 2. The van der Waals surface area contributed by atoms with Gasteiger partial charge in [-0.1, -0.05) is 26.2 Å². The van der Waals surface area contributed by atoms with Crippen LogP contribution < -0.4 is 10.6 Å². The molecule has 0 spiro atoms. The monoisotopic (exact) mass is 319 g/mol. The Balaban J connectivity index is 1.56. The van der Waals surface area contributed by atoms with Crippen molar-refractivity contribution < 1.29 is 0 Å². The molecule has 23 heavy (non-hydrogen) atoms. The Morgan fingerprint density at radius 1 is 1.35 bits per heavy atom. The summed E-state index contributed by atoms with van der Waals surface area (Å²) in [6, 6.07) is 0. The van der Waals surface area contributed by atoms with Gasteiger partial charge in [-0.25, -0.2) is 0 Å². The molecule has 1 fully saturated rings. The van der Waals surface area contributed by atoms with Crippen molar-refractivity contribution in [1.29, 1.82) is 0 Å². The normalized spacial score (nSPS) is 22.1. The van der Waals surface area contributed by atoms with E-state index in [1.807, 2.05) is 17.9 Å². The molecular formula is C18H33N5. The molecule has 2 atom stereocenters. The fraction of sp³-hybridized carbons (Fsp3) is 0.778. The van der Waals surface area contributed by atoms with Crippen LogP contribution in [0.5, 0.6) is 0 Å². The molecule has 0 bridgehead atoms. The van der Waals surface area contributed by atoms with Gasteiger partial charge < -0.3 is 10.6 Å². The van der Waals surface area contributed by atoms with Crippen LogP contribution in [0.1, 0.15) is 51.0 Å². The van der Waals surface area contributed by atoms with Crippen molar-refractivity contribution in [3.05, 3.63) is 18.0 Å². The molecule has 0 amide bonds. The number of aryl methyl sites for hydroxylation is 2. The summed E-state index contributed by atoms with van der Waals surface area (Å²) in [4.78, 5) is 4.31. The van der Waals surface area contributed by atoms with Crippen LogP contribution in [0.15, 0.2) is 17.4 Å². The molecule has 2 rings (SSSR count). The number of nitrogens with one attached hydrogen (secondary N) is 2. The van der Waals surface area contributed by atoms with Gasteiger partial charge >= 0.3 is 0 Å². The predicted octanol–water partition coefficient (Wildman–Crippen LogP) is 2.96. The van der Waals surface area contributed by atoms with Gasteiger partial charge in [-0.2, -0.15) is 5.10 Å². The molecule has 0 radical (unpaired) electrons.